The molecule has 0 unspecified atom stereocenters. The number of methoxy groups -OCH3 is 1. The van der Waals surface area contributed by atoms with Gasteiger partial charge in [-0.3, -0.25) is 19.7 Å². The van der Waals surface area contributed by atoms with Crippen molar-refractivity contribution in [3.8, 4) is 0 Å². The molecule has 0 aromatic carbocycles. The lowest BCUT2D eigenvalue weighted by atomic mass is 10.2. The molecule has 0 aliphatic heterocycles. The van der Waals surface area contributed by atoms with Crippen LogP contribution < -0.4 is 10.6 Å². The number of hydrogen-bond donors (Lipinski definition) is 2. The summed E-state index contributed by atoms with van der Waals surface area (Å²) in [7, 11) is 2.74. The number of nitrogens with one attached hydrogen (secondary N) is 2. The van der Waals surface area contributed by atoms with Gasteiger partial charge in [0.15, 0.2) is 0 Å². The summed E-state index contributed by atoms with van der Waals surface area (Å²) in [5, 5.41) is 15.8. The second-order valence-corrected chi connectivity index (χ2v) is 3.68. The predicted molar refractivity (Wildman–Crippen MR) is 69.4 cm³/mol. The van der Waals surface area contributed by atoms with Crippen molar-refractivity contribution in [2.75, 3.05) is 26.0 Å². The molecule has 1 aromatic heterocycles. The van der Waals surface area contributed by atoms with Crippen LogP contribution in [0.3, 0.4) is 0 Å². The Morgan fingerprint density at radius 3 is 2.75 bits per heavy atom. The molecule has 1 amide bonds. The Kier molecular flexibility index (Phi) is 5.39. The Hall–Kier alpha value is -2.71. The Morgan fingerprint density at radius 2 is 2.20 bits per heavy atom. The van der Waals surface area contributed by atoms with Crippen LogP contribution in [0.15, 0.2) is 12.3 Å². The van der Waals surface area contributed by atoms with E-state index in [1.54, 1.807) is 0 Å². The summed E-state index contributed by atoms with van der Waals surface area (Å²) in [6.45, 7) is 0.0765. The van der Waals surface area contributed by atoms with E-state index < -0.39 is 16.8 Å². The number of nitrogens with zero attached hydrogens (tertiary/aromatic N) is 2. The van der Waals surface area contributed by atoms with Crippen LogP contribution >= 0.6 is 0 Å². The highest BCUT2D eigenvalue weighted by Crippen LogP contribution is 2.21. The average Bonchev–Trinajstić information content (AvgIpc) is 2.45. The molecule has 1 aromatic rings. The molecular formula is C11H14N4O5. The highest BCUT2D eigenvalue weighted by Gasteiger charge is 2.18. The summed E-state index contributed by atoms with van der Waals surface area (Å²) in [6.07, 6.45) is 1.23. The van der Waals surface area contributed by atoms with E-state index in [9.17, 15) is 19.7 Å². The van der Waals surface area contributed by atoms with Gasteiger partial charge in [0.2, 0.25) is 5.82 Å². The molecule has 0 saturated heterocycles. The lowest BCUT2D eigenvalue weighted by Crippen LogP contribution is -2.26. The summed E-state index contributed by atoms with van der Waals surface area (Å²) in [6, 6.07) is 1.12. The third-order valence-corrected chi connectivity index (χ3v) is 2.41. The largest absolute Gasteiger partial charge is 0.469 e. The third kappa shape index (κ3) is 3.90. The summed E-state index contributed by atoms with van der Waals surface area (Å²) in [5.74, 6) is -0.937. The zero-order chi connectivity index (χ0) is 15.1. The van der Waals surface area contributed by atoms with Crippen LogP contribution in [0.2, 0.25) is 0 Å². The fourth-order valence-electron chi connectivity index (χ4n) is 1.39. The van der Waals surface area contributed by atoms with Gasteiger partial charge in [-0.15, -0.1) is 0 Å². The molecular weight excluding hydrogens is 268 g/mol. The number of nitro groups is 1. The first kappa shape index (κ1) is 15.3. The number of rotatable bonds is 6. The third-order valence-electron chi connectivity index (χ3n) is 2.41. The zero-order valence-electron chi connectivity index (χ0n) is 11.0. The smallest absolute Gasteiger partial charge is 0.312 e. The molecule has 0 radical (unpaired) electrons. The van der Waals surface area contributed by atoms with Crippen LogP contribution in [0.5, 0.6) is 0 Å². The van der Waals surface area contributed by atoms with Gasteiger partial charge in [0.1, 0.15) is 0 Å². The van der Waals surface area contributed by atoms with Gasteiger partial charge in [0.25, 0.3) is 5.91 Å². The normalized spacial score (nSPS) is 9.70. The number of hydrogen-bond acceptors (Lipinski definition) is 7. The van der Waals surface area contributed by atoms with Crippen molar-refractivity contribution in [2.45, 2.75) is 6.42 Å². The Labute approximate surface area is 114 Å². The lowest BCUT2D eigenvalue weighted by molar-refractivity contribution is -0.384. The van der Waals surface area contributed by atoms with Crippen LogP contribution in [0.1, 0.15) is 16.8 Å². The maximum Gasteiger partial charge on any atom is 0.312 e. The first-order chi connectivity index (χ1) is 9.49. The molecule has 0 atom stereocenters. The molecule has 20 heavy (non-hydrogen) atoms. The van der Waals surface area contributed by atoms with Gasteiger partial charge in [-0.1, -0.05) is 0 Å². The zero-order valence-corrected chi connectivity index (χ0v) is 11.0. The minimum atomic E-state index is -0.635. The summed E-state index contributed by atoms with van der Waals surface area (Å²) < 4.78 is 4.42. The van der Waals surface area contributed by atoms with Gasteiger partial charge in [-0.25, -0.2) is 4.98 Å². The van der Waals surface area contributed by atoms with Crippen molar-refractivity contribution in [3.63, 3.8) is 0 Å². The fraction of sp³-hybridized carbons (Fsp3) is 0.364. The number of ether oxygens (including phenoxy) is 1. The van der Waals surface area contributed by atoms with Crippen LogP contribution in [-0.4, -0.2) is 42.5 Å². The van der Waals surface area contributed by atoms with Gasteiger partial charge < -0.3 is 15.4 Å². The fourth-order valence-corrected chi connectivity index (χ4v) is 1.39. The Morgan fingerprint density at radius 1 is 1.50 bits per heavy atom. The predicted octanol–water partition coefficient (Wildman–Crippen LogP) is 0.324. The summed E-state index contributed by atoms with van der Waals surface area (Å²) in [4.78, 5) is 36.6. The van der Waals surface area contributed by atoms with Crippen molar-refractivity contribution in [2.24, 2.45) is 0 Å². The van der Waals surface area contributed by atoms with Crippen molar-refractivity contribution in [3.05, 3.63) is 27.9 Å². The van der Waals surface area contributed by atoms with E-state index in [2.05, 4.69) is 20.4 Å². The summed E-state index contributed by atoms with van der Waals surface area (Å²) in [5.41, 5.74) is -0.256. The van der Waals surface area contributed by atoms with Crippen molar-refractivity contribution >= 4 is 23.4 Å². The molecule has 9 heteroatoms. The topological polar surface area (TPSA) is 123 Å². The molecule has 108 valence electrons. The number of esters is 1. The SMILES string of the molecule is CNc1ncc(C(=O)NCCC(=O)OC)cc1[N+](=O)[O-]. The van der Waals surface area contributed by atoms with Gasteiger partial charge in [-0.2, -0.15) is 0 Å². The molecule has 0 fully saturated rings. The number of amides is 1. The quantitative estimate of drug-likeness (QED) is 0.437. The second-order valence-electron chi connectivity index (χ2n) is 3.68. The maximum absolute atomic E-state index is 11.7. The first-order valence-corrected chi connectivity index (χ1v) is 5.66. The lowest BCUT2D eigenvalue weighted by Gasteiger charge is -2.06. The van der Waals surface area contributed by atoms with E-state index in [-0.39, 0.29) is 30.0 Å². The van der Waals surface area contributed by atoms with E-state index in [4.69, 9.17) is 0 Å². The van der Waals surface area contributed by atoms with Crippen LogP contribution in [0.25, 0.3) is 0 Å². The minimum absolute atomic E-state index is 0.0202. The number of carbonyl (C=O) groups is 2. The van der Waals surface area contributed by atoms with E-state index in [1.807, 2.05) is 0 Å². The molecule has 0 aliphatic rings. The Bertz CT molecular complexity index is 532. The molecule has 2 N–H and O–H groups in total. The van der Waals surface area contributed by atoms with E-state index in [1.165, 1.54) is 20.4 Å². The van der Waals surface area contributed by atoms with Gasteiger partial charge >= 0.3 is 11.7 Å². The number of aromatic nitrogens is 1. The van der Waals surface area contributed by atoms with Crippen molar-refractivity contribution < 1.29 is 19.2 Å². The van der Waals surface area contributed by atoms with Crippen LogP contribution in [0, 0.1) is 10.1 Å². The van der Waals surface area contributed by atoms with E-state index in [0.29, 0.717) is 0 Å². The molecule has 0 spiro atoms. The second kappa shape index (κ2) is 7.02. The standard InChI is InChI=1S/C11H14N4O5/c1-12-10-8(15(18)19)5-7(6-14-10)11(17)13-4-3-9(16)20-2/h5-6H,3-4H2,1-2H3,(H,12,14)(H,13,17). The van der Waals surface area contributed by atoms with Crippen LogP contribution in [-0.2, 0) is 9.53 Å². The molecule has 0 saturated carbocycles. The number of pyridine rings is 1. The van der Waals surface area contributed by atoms with Gasteiger partial charge in [0.05, 0.1) is 24.0 Å². The van der Waals surface area contributed by atoms with Crippen molar-refractivity contribution in [1.29, 1.82) is 0 Å². The van der Waals surface area contributed by atoms with Crippen molar-refractivity contribution in [1.82, 2.24) is 10.3 Å². The van der Waals surface area contributed by atoms with Gasteiger partial charge in [-0.05, 0) is 0 Å². The van der Waals surface area contributed by atoms with Gasteiger partial charge in [0, 0.05) is 25.9 Å². The number of anilines is 1. The van der Waals surface area contributed by atoms with Crippen LogP contribution in [0.4, 0.5) is 11.5 Å². The molecule has 0 bridgehead atoms. The highest BCUT2D eigenvalue weighted by atomic mass is 16.6. The first-order valence-electron chi connectivity index (χ1n) is 5.66. The molecule has 9 nitrogen and oxygen atoms in total. The van der Waals surface area contributed by atoms with E-state index in [0.717, 1.165) is 6.07 Å². The maximum atomic E-state index is 11.7. The monoisotopic (exact) mass is 282 g/mol. The van der Waals surface area contributed by atoms with E-state index >= 15 is 0 Å². The Balaban J connectivity index is 2.76. The summed E-state index contributed by atoms with van der Waals surface area (Å²) >= 11 is 0. The molecule has 0 aliphatic carbocycles. The minimum Gasteiger partial charge on any atom is -0.469 e. The highest BCUT2D eigenvalue weighted by molar-refractivity contribution is 5.95. The number of carbonyl (C=O) groups excluding carboxylic acids is 2. The average molecular weight is 282 g/mol. The molecule has 1 rings (SSSR count). The molecule has 1 heterocycles.